The molecule has 36 heavy (non-hydrogen) atoms. The smallest absolute Gasteiger partial charge is 0.224 e. The Labute approximate surface area is 212 Å². The number of hydrogen-bond acceptors (Lipinski definition) is 4. The van der Waals surface area contributed by atoms with Gasteiger partial charge in [-0.1, -0.05) is 90.1 Å². The maximum atomic E-state index is 12.9. The minimum Gasteiger partial charge on any atom is -0.352 e. The first-order valence-electron chi connectivity index (χ1n) is 12.8. The Balaban J connectivity index is 1.06. The summed E-state index contributed by atoms with van der Waals surface area (Å²) in [6.07, 6.45) is 4.17. The van der Waals surface area contributed by atoms with Gasteiger partial charge in [-0.2, -0.15) is 0 Å². The van der Waals surface area contributed by atoms with Gasteiger partial charge in [0.05, 0.1) is 18.7 Å². The highest BCUT2D eigenvalue weighted by atomic mass is 16.1. The summed E-state index contributed by atoms with van der Waals surface area (Å²) < 4.78 is 1.97. The van der Waals surface area contributed by atoms with Crippen LogP contribution in [-0.2, 0) is 17.9 Å². The average Bonchev–Trinajstić information content (AvgIpc) is 3.42. The number of carbonyl (C=O) groups excluding carboxylic acids is 1. The molecule has 0 spiro atoms. The van der Waals surface area contributed by atoms with Crippen molar-refractivity contribution in [1.29, 1.82) is 0 Å². The summed E-state index contributed by atoms with van der Waals surface area (Å²) in [6.45, 7) is 3.29. The SMILES string of the molecule is O=C(NCc1ccccc1)[C@H]1CN2CC[C@@H]1C[C@@H]2Cn1cc(-c2ccc(-c3ccccc3)cc2)nn1. The Kier molecular flexibility index (Phi) is 6.35. The van der Waals surface area contributed by atoms with Crippen molar-refractivity contribution in [1.82, 2.24) is 25.2 Å². The number of rotatable bonds is 7. The minimum atomic E-state index is 0.0770. The number of carbonyl (C=O) groups is 1. The standard InChI is InChI=1S/C30H31N5O/c36-30(31-18-22-7-3-1-4-8-22)28-20-34-16-15-26(28)17-27(34)19-35-21-29(32-33-35)25-13-11-24(12-14-25)23-9-5-2-6-10-23/h1-14,21,26-28H,15-20H2,(H,31,36)/t26-,27-,28+/m1/s1. The van der Waals surface area contributed by atoms with Gasteiger partial charge in [0.2, 0.25) is 5.91 Å². The normalized spacial score (nSPS) is 22.9. The molecule has 0 radical (unpaired) electrons. The van der Waals surface area contributed by atoms with Crippen molar-refractivity contribution in [3.8, 4) is 22.4 Å². The van der Waals surface area contributed by atoms with Crippen molar-refractivity contribution in [2.24, 2.45) is 11.8 Å². The van der Waals surface area contributed by atoms with Crippen LogP contribution in [0.25, 0.3) is 22.4 Å². The van der Waals surface area contributed by atoms with Crippen LogP contribution >= 0.6 is 0 Å². The van der Waals surface area contributed by atoms with Crippen molar-refractivity contribution < 1.29 is 4.79 Å². The first-order chi connectivity index (χ1) is 17.7. The number of nitrogens with zero attached hydrogens (tertiary/aromatic N) is 4. The molecule has 3 fully saturated rings. The zero-order valence-corrected chi connectivity index (χ0v) is 20.3. The van der Waals surface area contributed by atoms with Crippen molar-refractivity contribution in [2.75, 3.05) is 13.1 Å². The van der Waals surface area contributed by atoms with Crippen LogP contribution in [0.1, 0.15) is 18.4 Å². The summed E-state index contributed by atoms with van der Waals surface area (Å²) >= 11 is 0. The van der Waals surface area contributed by atoms with E-state index in [1.165, 1.54) is 11.1 Å². The molecule has 1 amide bonds. The molecule has 182 valence electrons. The third-order valence-corrected chi connectivity index (χ3v) is 7.75. The molecule has 6 nitrogen and oxygen atoms in total. The van der Waals surface area contributed by atoms with Crippen LogP contribution in [0.4, 0.5) is 0 Å². The number of nitrogens with one attached hydrogen (secondary N) is 1. The predicted octanol–water partition coefficient (Wildman–Crippen LogP) is 4.64. The largest absolute Gasteiger partial charge is 0.352 e. The molecule has 1 unspecified atom stereocenters. The monoisotopic (exact) mass is 477 g/mol. The summed E-state index contributed by atoms with van der Waals surface area (Å²) in [6, 6.07) is 29.4. The predicted molar refractivity (Wildman–Crippen MR) is 141 cm³/mol. The molecule has 1 N–H and O–H groups in total. The third kappa shape index (κ3) is 4.82. The molecule has 2 bridgehead atoms. The molecular weight excluding hydrogens is 446 g/mol. The number of amides is 1. The van der Waals surface area contributed by atoms with Gasteiger partial charge in [-0.15, -0.1) is 5.10 Å². The van der Waals surface area contributed by atoms with E-state index < -0.39 is 0 Å². The number of aromatic nitrogens is 3. The minimum absolute atomic E-state index is 0.0770. The lowest BCUT2D eigenvalue weighted by atomic mass is 9.75. The molecule has 3 aliphatic rings. The van der Waals surface area contributed by atoms with Crippen LogP contribution in [0, 0.1) is 11.8 Å². The van der Waals surface area contributed by atoms with Crippen LogP contribution in [0.2, 0.25) is 0 Å². The second-order valence-electron chi connectivity index (χ2n) is 10.0. The molecule has 0 saturated carbocycles. The summed E-state index contributed by atoms with van der Waals surface area (Å²) in [5, 5.41) is 12.0. The summed E-state index contributed by atoms with van der Waals surface area (Å²) in [5.74, 6) is 0.700. The molecule has 7 rings (SSSR count). The maximum absolute atomic E-state index is 12.9. The number of hydrogen-bond donors (Lipinski definition) is 1. The van der Waals surface area contributed by atoms with E-state index in [0.29, 0.717) is 18.5 Å². The molecule has 3 saturated heterocycles. The van der Waals surface area contributed by atoms with Gasteiger partial charge >= 0.3 is 0 Å². The van der Waals surface area contributed by atoms with E-state index in [2.05, 4.69) is 81.2 Å². The highest BCUT2D eigenvalue weighted by Gasteiger charge is 2.43. The molecular formula is C30H31N5O. The zero-order valence-electron chi connectivity index (χ0n) is 20.3. The third-order valence-electron chi connectivity index (χ3n) is 7.75. The van der Waals surface area contributed by atoms with E-state index in [0.717, 1.165) is 49.3 Å². The van der Waals surface area contributed by atoms with Gasteiger partial charge in [0.15, 0.2) is 0 Å². The Bertz CT molecular complexity index is 1300. The fourth-order valence-electron chi connectivity index (χ4n) is 5.74. The quantitative estimate of drug-likeness (QED) is 0.421. The summed E-state index contributed by atoms with van der Waals surface area (Å²) in [4.78, 5) is 15.4. The second-order valence-corrected chi connectivity index (χ2v) is 10.0. The van der Waals surface area contributed by atoms with Crippen LogP contribution < -0.4 is 5.32 Å². The van der Waals surface area contributed by atoms with Crippen LogP contribution in [0.3, 0.4) is 0 Å². The van der Waals surface area contributed by atoms with Crippen LogP contribution in [0.15, 0.2) is 91.1 Å². The summed E-state index contributed by atoms with van der Waals surface area (Å²) in [5.41, 5.74) is 5.51. The zero-order chi connectivity index (χ0) is 24.3. The lowest BCUT2D eigenvalue weighted by Crippen LogP contribution is -2.57. The van der Waals surface area contributed by atoms with Gasteiger partial charge in [-0.3, -0.25) is 14.4 Å². The first kappa shape index (κ1) is 22.7. The highest BCUT2D eigenvalue weighted by molar-refractivity contribution is 5.79. The molecule has 4 aromatic rings. The van der Waals surface area contributed by atoms with Gasteiger partial charge in [-0.05, 0) is 42.0 Å². The molecule has 6 heteroatoms. The summed E-state index contributed by atoms with van der Waals surface area (Å²) in [7, 11) is 0. The Morgan fingerprint density at radius 3 is 2.31 bits per heavy atom. The van der Waals surface area contributed by atoms with Gasteiger partial charge in [0.1, 0.15) is 5.69 Å². The topological polar surface area (TPSA) is 63.1 Å². The van der Waals surface area contributed by atoms with E-state index in [9.17, 15) is 4.79 Å². The molecule has 1 aromatic heterocycles. The number of benzene rings is 3. The van der Waals surface area contributed by atoms with Crippen molar-refractivity contribution in [3.63, 3.8) is 0 Å². The fraction of sp³-hybridized carbons (Fsp3) is 0.300. The van der Waals surface area contributed by atoms with Gasteiger partial charge in [0.25, 0.3) is 0 Å². The molecule has 4 atom stereocenters. The Morgan fingerprint density at radius 1 is 0.889 bits per heavy atom. The van der Waals surface area contributed by atoms with E-state index in [-0.39, 0.29) is 11.8 Å². The Morgan fingerprint density at radius 2 is 1.58 bits per heavy atom. The van der Waals surface area contributed by atoms with Gasteiger partial charge in [0, 0.05) is 24.7 Å². The van der Waals surface area contributed by atoms with Crippen LogP contribution in [0.5, 0.6) is 0 Å². The van der Waals surface area contributed by atoms with E-state index in [4.69, 9.17) is 0 Å². The first-order valence-corrected chi connectivity index (χ1v) is 12.8. The Hall–Kier alpha value is -3.77. The van der Waals surface area contributed by atoms with Gasteiger partial charge < -0.3 is 5.32 Å². The van der Waals surface area contributed by atoms with Crippen LogP contribution in [-0.4, -0.2) is 44.9 Å². The van der Waals surface area contributed by atoms with Crippen molar-refractivity contribution >= 4 is 5.91 Å². The lowest BCUT2D eigenvalue weighted by molar-refractivity contribution is -0.133. The molecule has 3 aromatic carbocycles. The van der Waals surface area contributed by atoms with Crippen molar-refractivity contribution in [3.05, 3.63) is 96.7 Å². The highest BCUT2D eigenvalue weighted by Crippen LogP contribution is 2.37. The van der Waals surface area contributed by atoms with E-state index >= 15 is 0 Å². The van der Waals surface area contributed by atoms with E-state index in [1.54, 1.807) is 0 Å². The molecule has 3 aliphatic heterocycles. The second kappa shape index (κ2) is 10.1. The van der Waals surface area contributed by atoms with Crippen molar-refractivity contribution in [2.45, 2.75) is 32.0 Å². The van der Waals surface area contributed by atoms with Gasteiger partial charge in [-0.25, -0.2) is 0 Å². The fourth-order valence-corrected chi connectivity index (χ4v) is 5.74. The molecule has 4 heterocycles. The van der Waals surface area contributed by atoms with E-state index in [1.807, 2.05) is 35.1 Å². The molecule has 0 aliphatic carbocycles. The average molecular weight is 478 g/mol. The number of fused-ring (bicyclic) bond motifs is 3. The number of piperidine rings is 3. The maximum Gasteiger partial charge on any atom is 0.224 e. The lowest BCUT2D eigenvalue weighted by Gasteiger charge is -2.49.